The van der Waals surface area contributed by atoms with Crippen molar-refractivity contribution in [1.29, 1.82) is 0 Å². The molecule has 0 bridgehead atoms. The van der Waals surface area contributed by atoms with E-state index in [9.17, 15) is 4.79 Å². The molecule has 1 atom stereocenters. The molecule has 104 valence electrons. The predicted molar refractivity (Wildman–Crippen MR) is 70.2 cm³/mol. The molecule has 6 nitrogen and oxygen atoms in total. The summed E-state index contributed by atoms with van der Waals surface area (Å²) < 4.78 is 0. The van der Waals surface area contributed by atoms with Gasteiger partial charge in [0.15, 0.2) is 6.73 Å². The van der Waals surface area contributed by atoms with Crippen molar-refractivity contribution in [2.45, 2.75) is 19.4 Å². The van der Waals surface area contributed by atoms with Crippen LogP contribution in [-0.4, -0.2) is 23.9 Å². The van der Waals surface area contributed by atoms with E-state index >= 15 is 0 Å². The molecule has 0 radical (unpaired) electrons. The van der Waals surface area contributed by atoms with Crippen LogP contribution in [-0.2, 0) is 16.2 Å². The number of nitrogens with zero attached hydrogens (tertiary/aromatic N) is 1. The summed E-state index contributed by atoms with van der Waals surface area (Å²) in [7, 11) is 0. The predicted octanol–water partition coefficient (Wildman–Crippen LogP) is 2.27. The maximum Gasteiger partial charge on any atom is 0.345 e. The minimum atomic E-state index is -0.384. The van der Waals surface area contributed by atoms with Gasteiger partial charge in [-0.3, -0.25) is 4.84 Å². The highest BCUT2D eigenvalue weighted by Gasteiger charge is 2.21. The van der Waals surface area contributed by atoms with Gasteiger partial charge < -0.3 is 5.32 Å². The topological polar surface area (TPSA) is 62.8 Å². The largest absolute Gasteiger partial charge is 0.345 e. The molecule has 1 aromatic carbocycles. The quantitative estimate of drug-likeness (QED) is 0.899. The summed E-state index contributed by atoms with van der Waals surface area (Å²) in [4.78, 5) is 21.1. The van der Waals surface area contributed by atoms with E-state index in [-0.39, 0.29) is 18.8 Å². The molecule has 0 spiro atoms. The minimum Gasteiger partial charge on any atom is -0.333 e. The highest BCUT2D eigenvalue weighted by molar-refractivity contribution is 6.34. The summed E-state index contributed by atoms with van der Waals surface area (Å²) in [6.07, 6.45) is 0.605. The molecule has 1 fully saturated rings. The van der Waals surface area contributed by atoms with Gasteiger partial charge in [0.1, 0.15) is 0 Å². The van der Waals surface area contributed by atoms with E-state index < -0.39 is 0 Å². The van der Waals surface area contributed by atoms with Crippen molar-refractivity contribution >= 4 is 29.2 Å². The first kappa shape index (κ1) is 14.4. The Morgan fingerprint density at radius 2 is 2.16 bits per heavy atom. The highest BCUT2D eigenvalue weighted by atomic mass is 35.5. The van der Waals surface area contributed by atoms with Crippen molar-refractivity contribution in [3.8, 4) is 0 Å². The van der Waals surface area contributed by atoms with E-state index in [0.717, 1.165) is 10.6 Å². The Labute approximate surface area is 120 Å². The van der Waals surface area contributed by atoms with Crippen molar-refractivity contribution in [1.82, 2.24) is 16.0 Å². The first-order valence-electron chi connectivity index (χ1n) is 5.61. The fourth-order valence-electron chi connectivity index (χ4n) is 1.70. The Hall–Kier alpha value is -1.05. The molecule has 2 N–H and O–H groups in total. The maximum absolute atomic E-state index is 11.7. The minimum absolute atomic E-state index is 0.0293. The first-order valence-corrected chi connectivity index (χ1v) is 6.37. The maximum atomic E-state index is 11.7. The second-order valence-corrected chi connectivity index (χ2v) is 5.03. The van der Waals surface area contributed by atoms with Gasteiger partial charge in [-0.15, -0.1) is 0 Å². The van der Waals surface area contributed by atoms with Crippen LogP contribution < -0.4 is 11.0 Å². The van der Waals surface area contributed by atoms with Crippen molar-refractivity contribution in [2.24, 2.45) is 0 Å². The molecule has 1 heterocycles. The Kier molecular flexibility index (Phi) is 4.84. The molecule has 2 rings (SSSR count). The summed E-state index contributed by atoms with van der Waals surface area (Å²) in [6.45, 7) is 1.90. The summed E-state index contributed by atoms with van der Waals surface area (Å²) in [5.41, 5.74) is 3.07. The SMILES string of the molecule is CC(Cc1cc(Cl)cc(Cl)c1)NC(=O)N1CONO1. The molecular weight excluding hydrogens is 293 g/mol. The van der Waals surface area contributed by atoms with Gasteiger partial charge in [-0.25, -0.2) is 4.79 Å². The number of carbonyl (C=O) groups is 1. The van der Waals surface area contributed by atoms with E-state index in [1.807, 2.05) is 19.1 Å². The van der Waals surface area contributed by atoms with Crippen molar-refractivity contribution in [3.63, 3.8) is 0 Å². The number of halogens is 2. The fourth-order valence-corrected chi connectivity index (χ4v) is 2.27. The first-order chi connectivity index (χ1) is 9.04. The van der Waals surface area contributed by atoms with Gasteiger partial charge in [-0.1, -0.05) is 28.8 Å². The third-order valence-corrected chi connectivity index (χ3v) is 2.89. The normalized spacial score (nSPS) is 16.5. The molecule has 1 aromatic rings. The molecule has 0 aliphatic carbocycles. The number of carbonyl (C=O) groups excluding carboxylic acids is 1. The average molecular weight is 306 g/mol. The smallest absolute Gasteiger partial charge is 0.333 e. The van der Waals surface area contributed by atoms with Crippen LogP contribution in [0.2, 0.25) is 10.0 Å². The summed E-state index contributed by atoms with van der Waals surface area (Å²) in [6, 6.07) is 4.80. The molecule has 8 heteroatoms. The summed E-state index contributed by atoms with van der Waals surface area (Å²) in [5, 5.41) is 4.94. The molecule has 0 saturated carbocycles. The van der Waals surface area contributed by atoms with Crippen molar-refractivity contribution in [2.75, 3.05) is 6.73 Å². The van der Waals surface area contributed by atoms with Gasteiger partial charge in [0.25, 0.3) is 0 Å². The van der Waals surface area contributed by atoms with Gasteiger partial charge >= 0.3 is 6.03 Å². The third kappa shape index (κ3) is 4.22. The van der Waals surface area contributed by atoms with E-state index in [1.54, 1.807) is 6.07 Å². The number of hydrogen-bond donors (Lipinski definition) is 2. The number of nitrogens with one attached hydrogen (secondary N) is 2. The van der Waals surface area contributed by atoms with Crippen LogP contribution in [0.3, 0.4) is 0 Å². The molecule has 1 aliphatic heterocycles. The number of amides is 2. The Bertz CT molecular complexity index is 446. The van der Waals surface area contributed by atoms with E-state index in [4.69, 9.17) is 28.1 Å². The molecule has 1 saturated heterocycles. The molecule has 19 heavy (non-hydrogen) atoms. The number of benzene rings is 1. The molecule has 1 unspecified atom stereocenters. The van der Waals surface area contributed by atoms with Crippen LogP contribution in [0, 0.1) is 0 Å². The summed E-state index contributed by atoms with van der Waals surface area (Å²) in [5.74, 6) is 0. The zero-order valence-corrected chi connectivity index (χ0v) is 11.7. The lowest BCUT2D eigenvalue weighted by atomic mass is 10.1. The van der Waals surface area contributed by atoms with Gasteiger partial charge in [0, 0.05) is 16.1 Å². The Morgan fingerprint density at radius 3 is 2.74 bits per heavy atom. The zero-order chi connectivity index (χ0) is 13.8. The lowest BCUT2D eigenvalue weighted by Crippen LogP contribution is -2.43. The number of hydroxylamine groups is 2. The monoisotopic (exact) mass is 305 g/mol. The Morgan fingerprint density at radius 1 is 1.47 bits per heavy atom. The van der Waals surface area contributed by atoms with Crippen LogP contribution in [0.1, 0.15) is 12.5 Å². The third-order valence-electron chi connectivity index (χ3n) is 2.45. The van der Waals surface area contributed by atoms with Gasteiger partial charge in [-0.05, 0) is 37.1 Å². The van der Waals surface area contributed by atoms with Gasteiger partial charge in [-0.2, -0.15) is 10.0 Å². The molecular formula is C11H13Cl2N3O3. The molecule has 0 aromatic heterocycles. The molecule has 2 amide bonds. The van der Waals surface area contributed by atoms with Crippen molar-refractivity contribution < 1.29 is 14.6 Å². The second kappa shape index (κ2) is 6.40. The van der Waals surface area contributed by atoms with Crippen LogP contribution in [0.4, 0.5) is 4.79 Å². The standard InChI is InChI=1S/C11H13Cl2N3O3/c1-7(14-11(17)16-6-18-15-19-16)2-8-3-9(12)5-10(13)4-8/h3-5,7,15H,2,6H2,1H3,(H,14,17). The van der Waals surface area contributed by atoms with Crippen LogP contribution in [0.15, 0.2) is 18.2 Å². The number of hydrogen-bond acceptors (Lipinski definition) is 4. The van der Waals surface area contributed by atoms with E-state index in [1.165, 1.54) is 0 Å². The van der Waals surface area contributed by atoms with Gasteiger partial charge in [0.05, 0.1) is 0 Å². The van der Waals surface area contributed by atoms with E-state index in [0.29, 0.717) is 16.5 Å². The van der Waals surface area contributed by atoms with E-state index in [2.05, 4.69) is 15.8 Å². The second-order valence-electron chi connectivity index (χ2n) is 4.16. The zero-order valence-electron chi connectivity index (χ0n) is 10.2. The van der Waals surface area contributed by atoms with Crippen molar-refractivity contribution in [3.05, 3.63) is 33.8 Å². The number of rotatable bonds is 3. The number of urea groups is 1. The van der Waals surface area contributed by atoms with Crippen LogP contribution in [0.5, 0.6) is 0 Å². The molecule has 1 aliphatic rings. The highest BCUT2D eigenvalue weighted by Crippen LogP contribution is 2.20. The Balaban J connectivity index is 1.89. The van der Waals surface area contributed by atoms with Gasteiger partial charge in [0.2, 0.25) is 0 Å². The summed E-state index contributed by atoms with van der Waals surface area (Å²) >= 11 is 11.8. The lowest BCUT2D eigenvalue weighted by Gasteiger charge is -2.17. The lowest BCUT2D eigenvalue weighted by molar-refractivity contribution is -0.154. The fraction of sp³-hybridized carbons (Fsp3) is 0.364. The van der Waals surface area contributed by atoms with Crippen LogP contribution >= 0.6 is 23.2 Å². The average Bonchev–Trinajstić information content (AvgIpc) is 2.80. The van der Waals surface area contributed by atoms with Crippen LogP contribution in [0.25, 0.3) is 0 Å².